The van der Waals surface area contributed by atoms with Crippen LogP contribution in [0.3, 0.4) is 0 Å². The van der Waals surface area contributed by atoms with Gasteiger partial charge < -0.3 is 4.74 Å². The van der Waals surface area contributed by atoms with Crippen LogP contribution < -0.4 is 0 Å². The Morgan fingerprint density at radius 1 is 1.42 bits per heavy atom. The van der Waals surface area contributed by atoms with E-state index in [1.54, 1.807) is 6.26 Å². The minimum Gasteiger partial charge on any atom is -0.490 e. The molecule has 0 saturated heterocycles. The normalized spacial score (nSPS) is 11.8. The molecule has 0 radical (unpaired) electrons. The molecule has 0 amide bonds. The summed E-state index contributed by atoms with van der Waals surface area (Å²) in [6.07, 6.45) is 8.00. The van der Waals surface area contributed by atoms with Crippen molar-refractivity contribution >= 4 is 0 Å². The summed E-state index contributed by atoms with van der Waals surface area (Å²) in [5.74, 6) is 0. The zero-order valence-electron chi connectivity index (χ0n) is 8.31. The van der Waals surface area contributed by atoms with E-state index in [0.717, 1.165) is 12.8 Å². The molecule has 0 N–H and O–H groups in total. The lowest BCUT2D eigenvalue weighted by atomic mass is 10.1. The molecule has 1 nitrogen and oxygen atoms in total. The van der Waals surface area contributed by atoms with Crippen LogP contribution in [0.5, 0.6) is 0 Å². The van der Waals surface area contributed by atoms with Crippen molar-refractivity contribution in [3.63, 3.8) is 0 Å². The minimum atomic E-state index is 0.366. The largest absolute Gasteiger partial charge is 0.490 e. The fraction of sp³-hybridized carbons (Fsp3) is 0.727. The van der Waals surface area contributed by atoms with Crippen LogP contribution in [-0.4, -0.2) is 6.10 Å². The van der Waals surface area contributed by atoms with Crippen LogP contribution >= 0.6 is 0 Å². The van der Waals surface area contributed by atoms with Crippen LogP contribution in [0, 0.1) is 0 Å². The van der Waals surface area contributed by atoms with Crippen LogP contribution in [0.4, 0.5) is 0 Å². The zero-order chi connectivity index (χ0) is 9.23. The highest BCUT2D eigenvalue weighted by Gasteiger charge is 2.03. The predicted molar refractivity (Wildman–Crippen MR) is 53.0 cm³/mol. The molecule has 0 aliphatic rings. The lowest BCUT2D eigenvalue weighted by Gasteiger charge is -2.12. The summed E-state index contributed by atoms with van der Waals surface area (Å²) in [6.45, 7) is 7.82. The number of hydrogen-bond acceptors (Lipinski definition) is 1. The van der Waals surface area contributed by atoms with E-state index >= 15 is 0 Å². The smallest absolute Gasteiger partial charge is 0.125 e. The van der Waals surface area contributed by atoms with Crippen molar-refractivity contribution in [1.82, 2.24) is 0 Å². The van der Waals surface area contributed by atoms with Crippen molar-refractivity contribution in [3.8, 4) is 0 Å². The average Bonchev–Trinajstić information content (AvgIpc) is 2.11. The predicted octanol–water partition coefficient (Wildman–Crippen LogP) is 3.66. The third-order valence-corrected chi connectivity index (χ3v) is 1.93. The summed E-state index contributed by atoms with van der Waals surface area (Å²) < 4.78 is 5.39. The Bertz CT molecular complexity index is 134. The molecule has 0 spiro atoms. The van der Waals surface area contributed by atoms with Gasteiger partial charge in [-0.15, -0.1) is 0 Å². The Morgan fingerprint density at radius 2 is 2.17 bits per heavy atom. The average molecular weight is 168 g/mol. The lowest BCUT2D eigenvalue weighted by Crippen LogP contribution is -2.07. The van der Waals surface area contributed by atoms with Crippen molar-refractivity contribution in [2.75, 3.05) is 0 Å². The minimum absolute atomic E-state index is 0.366. The van der Waals surface area contributed by atoms with Crippen LogP contribution in [0.1, 0.15) is 46.0 Å². The summed E-state index contributed by atoms with van der Waals surface area (Å²) >= 11 is 0. The molecule has 0 aliphatic heterocycles. The van der Waals surface area contributed by atoms with E-state index in [-0.39, 0.29) is 0 Å². The van der Waals surface area contributed by atoms with Gasteiger partial charge in [0, 0.05) is 0 Å². The molecule has 0 aromatic rings. The molecule has 12 heavy (non-hydrogen) atoms. The summed E-state index contributed by atoms with van der Waals surface area (Å²) in [7, 11) is 0. The van der Waals surface area contributed by atoms with Crippen LogP contribution in [-0.2, 0) is 4.74 Å². The van der Waals surface area contributed by atoms with Gasteiger partial charge in [0.25, 0.3) is 0 Å². The van der Waals surface area contributed by atoms with Crippen molar-refractivity contribution in [2.45, 2.75) is 52.1 Å². The zero-order valence-corrected chi connectivity index (χ0v) is 8.31. The molecule has 0 saturated carbocycles. The Hall–Kier alpha value is -0.680. The maximum atomic E-state index is 5.39. The Morgan fingerprint density at radius 3 is 2.67 bits per heavy atom. The second kappa shape index (κ2) is 8.42. The van der Waals surface area contributed by atoms with Gasteiger partial charge in [0.1, 0.15) is 6.26 Å². The highest BCUT2D eigenvalue weighted by atomic mass is 16.5. The standard InChI is InChI=1S/C11H20O/c1-4-7-8-9-11(6-3)12-10-5-2/h10-11H,2,4,6-9H2,1,3H3. The van der Waals surface area contributed by atoms with Gasteiger partial charge in [0.05, 0.1) is 6.10 Å². The molecule has 70 valence electrons. The first-order valence-corrected chi connectivity index (χ1v) is 4.84. The first-order valence-electron chi connectivity index (χ1n) is 4.84. The molecular formula is C11H20O. The lowest BCUT2D eigenvalue weighted by molar-refractivity contribution is 0.129. The molecular weight excluding hydrogens is 148 g/mol. The molecule has 0 rings (SSSR count). The molecule has 0 aromatic carbocycles. The number of unbranched alkanes of at least 4 members (excludes halogenated alkanes) is 2. The first kappa shape index (κ1) is 11.3. The van der Waals surface area contributed by atoms with Gasteiger partial charge >= 0.3 is 0 Å². The van der Waals surface area contributed by atoms with Crippen LogP contribution in [0.15, 0.2) is 18.6 Å². The number of rotatable bonds is 7. The fourth-order valence-corrected chi connectivity index (χ4v) is 1.13. The molecule has 1 atom stereocenters. The van der Waals surface area contributed by atoms with Crippen molar-refractivity contribution < 1.29 is 4.74 Å². The quantitative estimate of drug-likeness (QED) is 0.320. The molecule has 0 aliphatic carbocycles. The number of hydrogen-bond donors (Lipinski definition) is 0. The molecule has 1 heteroatoms. The van der Waals surface area contributed by atoms with Gasteiger partial charge in [0.15, 0.2) is 0 Å². The third kappa shape index (κ3) is 6.06. The molecule has 1 unspecified atom stereocenters. The second-order valence-corrected chi connectivity index (χ2v) is 2.98. The van der Waals surface area contributed by atoms with E-state index in [9.17, 15) is 0 Å². The topological polar surface area (TPSA) is 9.23 Å². The van der Waals surface area contributed by atoms with Crippen LogP contribution in [0.2, 0.25) is 0 Å². The summed E-state index contributed by atoms with van der Waals surface area (Å²) in [6, 6.07) is 0. The van der Waals surface area contributed by atoms with Gasteiger partial charge in [-0.05, 0) is 19.3 Å². The molecule has 0 heterocycles. The van der Waals surface area contributed by atoms with Gasteiger partial charge in [0.2, 0.25) is 0 Å². The Labute approximate surface area is 76.1 Å². The summed E-state index contributed by atoms with van der Waals surface area (Å²) in [4.78, 5) is 0. The van der Waals surface area contributed by atoms with Crippen LogP contribution in [0.25, 0.3) is 0 Å². The maximum absolute atomic E-state index is 5.39. The van der Waals surface area contributed by atoms with Crippen molar-refractivity contribution in [2.24, 2.45) is 0 Å². The molecule has 0 fully saturated rings. The highest BCUT2D eigenvalue weighted by molar-refractivity contribution is 4.68. The summed E-state index contributed by atoms with van der Waals surface area (Å²) in [5.41, 5.74) is 2.63. The van der Waals surface area contributed by atoms with E-state index < -0.39 is 0 Å². The van der Waals surface area contributed by atoms with E-state index in [1.165, 1.54) is 19.3 Å². The van der Waals surface area contributed by atoms with Gasteiger partial charge in [-0.1, -0.05) is 39.0 Å². The van der Waals surface area contributed by atoms with Gasteiger partial charge in [-0.3, -0.25) is 0 Å². The van der Waals surface area contributed by atoms with E-state index in [2.05, 4.69) is 26.2 Å². The van der Waals surface area contributed by atoms with Gasteiger partial charge in [-0.25, -0.2) is 0 Å². The van der Waals surface area contributed by atoms with E-state index in [0.29, 0.717) is 6.10 Å². The first-order chi connectivity index (χ1) is 5.85. The summed E-state index contributed by atoms with van der Waals surface area (Å²) in [5, 5.41) is 0. The highest BCUT2D eigenvalue weighted by Crippen LogP contribution is 2.09. The monoisotopic (exact) mass is 168 g/mol. The SMILES string of the molecule is C=C=COC(CC)CCCCC. The van der Waals surface area contributed by atoms with E-state index in [1.807, 2.05) is 0 Å². The van der Waals surface area contributed by atoms with Crippen molar-refractivity contribution in [3.05, 3.63) is 18.6 Å². The van der Waals surface area contributed by atoms with Gasteiger partial charge in [-0.2, -0.15) is 0 Å². The van der Waals surface area contributed by atoms with E-state index in [4.69, 9.17) is 4.74 Å². The maximum Gasteiger partial charge on any atom is 0.125 e. The fourth-order valence-electron chi connectivity index (χ4n) is 1.13. The third-order valence-electron chi connectivity index (χ3n) is 1.93. The Kier molecular flexibility index (Phi) is 7.94. The Balaban J connectivity index is 3.45. The molecule has 0 bridgehead atoms. The van der Waals surface area contributed by atoms with Crippen molar-refractivity contribution in [1.29, 1.82) is 0 Å². The molecule has 0 aromatic heterocycles. The second-order valence-electron chi connectivity index (χ2n) is 2.98. The number of ether oxygens (including phenoxy) is 1.